The maximum atomic E-state index is 6.41. The van der Waals surface area contributed by atoms with E-state index in [1.54, 1.807) is 7.11 Å². The minimum Gasteiger partial charge on any atom is -0.493 e. The Morgan fingerprint density at radius 2 is 2.12 bits per heavy atom. The van der Waals surface area contributed by atoms with Gasteiger partial charge in [-0.2, -0.15) is 0 Å². The minimum absolute atomic E-state index is 0.266. The Bertz CT molecular complexity index is 416. The fourth-order valence-corrected chi connectivity index (χ4v) is 2.97. The standard InChI is InChI=1S/C13H18BrNO2/c1-3-17-12-10(16-2)6-5-9(14)11(12)13(15)7-4-8-13/h5-6H,3-4,7-8,15H2,1-2H3. The molecule has 0 saturated heterocycles. The molecular weight excluding hydrogens is 282 g/mol. The van der Waals surface area contributed by atoms with Gasteiger partial charge in [0.2, 0.25) is 0 Å². The van der Waals surface area contributed by atoms with E-state index in [-0.39, 0.29) is 5.54 Å². The lowest BCUT2D eigenvalue weighted by atomic mass is 9.72. The number of hydrogen-bond acceptors (Lipinski definition) is 3. The van der Waals surface area contributed by atoms with E-state index in [1.165, 1.54) is 6.42 Å². The summed E-state index contributed by atoms with van der Waals surface area (Å²) in [4.78, 5) is 0. The Kier molecular flexibility index (Phi) is 3.64. The Labute approximate surface area is 110 Å². The van der Waals surface area contributed by atoms with Gasteiger partial charge >= 0.3 is 0 Å². The van der Waals surface area contributed by atoms with Gasteiger partial charge < -0.3 is 15.2 Å². The van der Waals surface area contributed by atoms with Crippen molar-refractivity contribution >= 4 is 15.9 Å². The van der Waals surface area contributed by atoms with Crippen molar-refractivity contribution in [3.8, 4) is 11.5 Å². The van der Waals surface area contributed by atoms with E-state index in [9.17, 15) is 0 Å². The van der Waals surface area contributed by atoms with E-state index in [4.69, 9.17) is 15.2 Å². The second kappa shape index (κ2) is 4.86. The van der Waals surface area contributed by atoms with Crippen LogP contribution in [0.15, 0.2) is 16.6 Å². The molecule has 0 aliphatic heterocycles. The SMILES string of the molecule is CCOc1c(OC)ccc(Br)c1C1(N)CCC1. The molecule has 3 nitrogen and oxygen atoms in total. The topological polar surface area (TPSA) is 44.5 Å². The van der Waals surface area contributed by atoms with Crippen LogP contribution in [0, 0.1) is 0 Å². The molecule has 1 fully saturated rings. The highest BCUT2D eigenvalue weighted by atomic mass is 79.9. The third-order valence-electron chi connectivity index (χ3n) is 3.32. The molecule has 1 aromatic rings. The molecule has 4 heteroatoms. The largest absolute Gasteiger partial charge is 0.493 e. The summed E-state index contributed by atoms with van der Waals surface area (Å²) in [7, 11) is 1.65. The highest BCUT2D eigenvalue weighted by Crippen LogP contribution is 2.49. The summed E-state index contributed by atoms with van der Waals surface area (Å²) in [6.45, 7) is 2.57. The second-order valence-corrected chi connectivity index (χ2v) is 5.25. The molecule has 0 spiro atoms. The number of rotatable bonds is 4. The predicted molar refractivity (Wildman–Crippen MR) is 71.6 cm³/mol. The molecule has 0 aromatic heterocycles. The number of nitrogens with two attached hydrogens (primary N) is 1. The Hall–Kier alpha value is -0.740. The molecular formula is C13H18BrNO2. The van der Waals surface area contributed by atoms with E-state index in [1.807, 2.05) is 19.1 Å². The lowest BCUT2D eigenvalue weighted by molar-refractivity contribution is 0.232. The third-order valence-corrected chi connectivity index (χ3v) is 3.98. The van der Waals surface area contributed by atoms with Crippen LogP contribution in [0.5, 0.6) is 11.5 Å². The summed E-state index contributed by atoms with van der Waals surface area (Å²) < 4.78 is 12.1. The number of halogens is 1. The molecule has 0 atom stereocenters. The first-order chi connectivity index (χ1) is 8.12. The first-order valence-electron chi connectivity index (χ1n) is 5.91. The van der Waals surface area contributed by atoms with Gasteiger partial charge in [0.15, 0.2) is 11.5 Å². The summed E-state index contributed by atoms with van der Waals surface area (Å²) in [6.07, 6.45) is 3.17. The molecule has 0 heterocycles. The maximum Gasteiger partial charge on any atom is 0.167 e. The molecule has 0 amide bonds. The summed E-state index contributed by atoms with van der Waals surface area (Å²) in [6, 6.07) is 3.88. The normalized spacial score (nSPS) is 17.4. The Morgan fingerprint density at radius 1 is 1.41 bits per heavy atom. The van der Waals surface area contributed by atoms with E-state index in [0.29, 0.717) is 6.61 Å². The molecule has 2 N–H and O–H groups in total. The van der Waals surface area contributed by atoms with Crippen LogP contribution >= 0.6 is 15.9 Å². The zero-order chi connectivity index (χ0) is 12.5. The van der Waals surface area contributed by atoms with Gasteiger partial charge in [0.25, 0.3) is 0 Å². The smallest absolute Gasteiger partial charge is 0.167 e. The van der Waals surface area contributed by atoms with Crippen molar-refractivity contribution in [2.24, 2.45) is 5.73 Å². The van der Waals surface area contributed by atoms with Crippen LogP contribution < -0.4 is 15.2 Å². The van der Waals surface area contributed by atoms with Crippen LogP contribution in [0.2, 0.25) is 0 Å². The molecule has 2 rings (SSSR count). The summed E-state index contributed by atoms with van der Waals surface area (Å²) in [5, 5.41) is 0. The number of ether oxygens (including phenoxy) is 2. The van der Waals surface area contributed by atoms with E-state index in [0.717, 1.165) is 34.4 Å². The van der Waals surface area contributed by atoms with Gasteiger partial charge in [0, 0.05) is 15.6 Å². The quantitative estimate of drug-likeness (QED) is 0.928. The van der Waals surface area contributed by atoms with Crippen LogP contribution in [-0.4, -0.2) is 13.7 Å². The summed E-state index contributed by atoms with van der Waals surface area (Å²) >= 11 is 3.58. The molecule has 1 aliphatic carbocycles. The van der Waals surface area contributed by atoms with E-state index < -0.39 is 0 Å². The van der Waals surface area contributed by atoms with Gasteiger partial charge in [-0.1, -0.05) is 15.9 Å². The van der Waals surface area contributed by atoms with Crippen molar-refractivity contribution in [3.63, 3.8) is 0 Å². The van der Waals surface area contributed by atoms with Crippen LogP contribution in [0.1, 0.15) is 31.7 Å². The van der Waals surface area contributed by atoms with Crippen molar-refractivity contribution in [2.45, 2.75) is 31.7 Å². The van der Waals surface area contributed by atoms with Crippen LogP contribution in [0.3, 0.4) is 0 Å². The zero-order valence-corrected chi connectivity index (χ0v) is 11.8. The van der Waals surface area contributed by atoms with Crippen LogP contribution in [0.25, 0.3) is 0 Å². The second-order valence-electron chi connectivity index (χ2n) is 4.40. The van der Waals surface area contributed by atoms with E-state index in [2.05, 4.69) is 15.9 Å². The molecule has 17 heavy (non-hydrogen) atoms. The lowest BCUT2D eigenvalue weighted by Crippen LogP contribution is -2.44. The third kappa shape index (κ3) is 2.16. The van der Waals surface area contributed by atoms with Crippen molar-refractivity contribution in [1.82, 2.24) is 0 Å². The van der Waals surface area contributed by atoms with Crippen LogP contribution in [0.4, 0.5) is 0 Å². The molecule has 0 radical (unpaired) electrons. The Balaban J connectivity index is 2.53. The molecule has 94 valence electrons. The first kappa shape index (κ1) is 12.7. The average molecular weight is 300 g/mol. The number of methoxy groups -OCH3 is 1. The van der Waals surface area contributed by atoms with Crippen molar-refractivity contribution in [3.05, 3.63) is 22.2 Å². The highest BCUT2D eigenvalue weighted by molar-refractivity contribution is 9.10. The van der Waals surface area contributed by atoms with Gasteiger partial charge in [0.05, 0.1) is 13.7 Å². The van der Waals surface area contributed by atoms with Gasteiger partial charge in [-0.05, 0) is 38.3 Å². The van der Waals surface area contributed by atoms with Gasteiger partial charge in [0.1, 0.15) is 0 Å². The molecule has 0 bridgehead atoms. The number of benzene rings is 1. The molecule has 0 unspecified atom stereocenters. The van der Waals surface area contributed by atoms with Gasteiger partial charge in [-0.15, -0.1) is 0 Å². The zero-order valence-electron chi connectivity index (χ0n) is 10.3. The van der Waals surface area contributed by atoms with Crippen molar-refractivity contribution in [1.29, 1.82) is 0 Å². The van der Waals surface area contributed by atoms with Crippen LogP contribution in [-0.2, 0) is 5.54 Å². The Morgan fingerprint density at radius 3 is 2.59 bits per heavy atom. The predicted octanol–water partition coefficient (Wildman–Crippen LogP) is 3.19. The fourth-order valence-electron chi connectivity index (χ4n) is 2.26. The minimum atomic E-state index is -0.266. The van der Waals surface area contributed by atoms with E-state index >= 15 is 0 Å². The summed E-state index contributed by atoms with van der Waals surface area (Å²) in [5.41, 5.74) is 7.19. The average Bonchev–Trinajstić information content (AvgIpc) is 2.27. The van der Waals surface area contributed by atoms with Crippen molar-refractivity contribution < 1.29 is 9.47 Å². The van der Waals surface area contributed by atoms with Gasteiger partial charge in [-0.3, -0.25) is 0 Å². The monoisotopic (exact) mass is 299 g/mol. The molecule has 1 saturated carbocycles. The summed E-state index contributed by atoms with van der Waals surface area (Å²) in [5.74, 6) is 1.54. The lowest BCUT2D eigenvalue weighted by Gasteiger charge is -2.40. The molecule has 1 aromatic carbocycles. The highest BCUT2D eigenvalue weighted by Gasteiger charge is 2.39. The first-order valence-corrected chi connectivity index (χ1v) is 6.70. The van der Waals surface area contributed by atoms with Crippen molar-refractivity contribution in [2.75, 3.05) is 13.7 Å². The van der Waals surface area contributed by atoms with Gasteiger partial charge in [-0.25, -0.2) is 0 Å². The molecule has 1 aliphatic rings. The number of hydrogen-bond donors (Lipinski definition) is 1. The maximum absolute atomic E-state index is 6.41. The fraction of sp³-hybridized carbons (Fsp3) is 0.538.